The third kappa shape index (κ3) is 3.05. The quantitative estimate of drug-likeness (QED) is 0.910. The molecule has 2 aromatic heterocycles. The van der Waals surface area contributed by atoms with E-state index in [0.717, 1.165) is 29.3 Å². The number of nitrogens with zero attached hydrogens (tertiary/aromatic N) is 2. The van der Waals surface area contributed by atoms with E-state index in [1.807, 2.05) is 17.5 Å². The topological polar surface area (TPSA) is 75.1 Å². The van der Waals surface area contributed by atoms with Crippen LogP contribution in [0.25, 0.3) is 10.7 Å². The van der Waals surface area contributed by atoms with Gasteiger partial charge in [-0.1, -0.05) is 18.9 Å². The lowest BCUT2D eigenvalue weighted by molar-refractivity contribution is -0.120. The standard InChI is InChI=1S/C13H15N3O2S2/c17-10(8-13(18)5-1-2-6-13)14-12-15-11(16-20-12)9-4-3-7-19-9/h3-4,7,18H,1-2,5-6,8H2,(H,14,15,16,17). The molecule has 0 spiro atoms. The monoisotopic (exact) mass is 309 g/mol. The van der Waals surface area contributed by atoms with Crippen LogP contribution in [0.5, 0.6) is 0 Å². The van der Waals surface area contributed by atoms with Crippen molar-refractivity contribution >= 4 is 33.9 Å². The summed E-state index contributed by atoms with van der Waals surface area (Å²) >= 11 is 2.73. The molecule has 5 nitrogen and oxygen atoms in total. The Hall–Kier alpha value is -1.31. The number of aromatic nitrogens is 2. The van der Waals surface area contributed by atoms with Gasteiger partial charge in [-0.25, -0.2) is 0 Å². The largest absolute Gasteiger partial charge is 0.389 e. The molecule has 1 amide bonds. The molecule has 1 saturated carbocycles. The molecule has 0 unspecified atom stereocenters. The lowest BCUT2D eigenvalue weighted by Gasteiger charge is -2.20. The first-order valence-electron chi connectivity index (χ1n) is 6.54. The van der Waals surface area contributed by atoms with E-state index in [1.165, 1.54) is 0 Å². The molecule has 2 aromatic rings. The van der Waals surface area contributed by atoms with Crippen LogP contribution in [0.4, 0.5) is 5.13 Å². The number of hydrogen-bond donors (Lipinski definition) is 2. The minimum atomic E-state index is -0.828. The maximum Gasteiger partial charge on any atom is 0.229 e. The van der Waals surface area contributed by atoms with E-state index < -0.39 is 5.60 Å². The molecule has 0 aliphatic heterocycles. The summed E-state index contributed by atoms with van der Waals surface area (Å²) in [7, 11) is 0. The van der Waals surface area contributed by atoms with E-state index in [-0.39, 0.29) is 12.3 Å². The Morgan fingerprint density at radius 1 is 1.45 bits per heavy atom. The molecular formula is C13H15N3O2S2. The van der Waals surface area contributed by atoms with Crippen molar-refractivity contribution < 1.29 is 9.90 Å². The number of rotatable bonds is 4. The van der Waals surface area contributed by atoms with Gasteiger partial charge in [-0.2, -0.15) is 9.36 Å². The maximum atomic E-state index is 11.9. The molecule has 1 aliphatic rings. The first-order chi connectivity index (χ1) is 9.65. The second-order valence-corrected chi connectivity index (χ2v) is 6.76. The highest BCUT2D eigenvalue weighted by molar-refractivity contribution is 7.14. The fourth-order valence-corrected chi connectivity index (χ4v) is 3.77. The van der Waals surface area contributed by atoms with E-state index in [9.17, 15) is 9.90 Å². The van der Waals surface area contributed by atoms with Crippen LogP contribution in [0.2, 0.25) is 0 Å². The van der Waals surface area contributed by atoms with Crippen molar-refractivity contribution in [2.45, 2.75) is 37.7 Å². The van der Waals surface area contributed by atoms with E-state index in [4.69, 9.17) is 0 Å². The second kappa shape index (κ2) is 5.59. The smallest absolute Gasteiger partial charge is 0.229 e. The van der Waals surface area contributed by atoms with Crippen LogP contribution in [0, 0.1) is 0 Å². The summed E-state index contributed by atoms with van der Waals surface area (Å²) in [6.07, 6.45) is 3.53. The lowest BCUT2D eigenvalue weighted by atomic mass is 9.98. The van der Waals surface area contributed by atoms with Crippen LogP contribution in [-0.4, -0.2) is 26.0 Å². The normalized spacial score (nSPS) is 17.2. The van der Waals surface area contributed by atoms with Crippen LogP contribution in [0.15, 0.2) is 17.5 Å². The molecular weight excluding hydrogens is 294 g/mol. The third-order valence-corrected chi connectivity index (χ3v) is 4.93. The Balaban J connectivity index is 1.62. The molecule has 106 valence electrons. The zero-order valence-electron chi connectivity index (χ0n) is 10.8. The van der Waals surface area contributed by atoms with Crippen molar-refractivity contribution in [2.75, 3.05) is 5.32 Å². The molecule has 0 aromatic carbocycles. The molecule has 2 N–H and O–H groups in total. The number of thiophene rings is 1. The molecule has 0 atom stereocenters. The Morgan fingerprint density at radius 2 is 2.25 bits per heavy atom. The molecule has 0 radical (unpaired) electrons. The molecule has 0 bridgehead atoms. The van der Waals surface area contributed by atoms with Gasteiger partial charge in [0, 0.05) is 11.5 Å². The summed E-state index contributed by atoms with van der Waals surface area (Å²) in [6.45, 7) is 0. The summed E-state index contributed by atoms with van der Waals surface area (Å²) in [5.41, 5.74) is -0.828. The van der Waals surface area contributed by atoms with Crippen molar-refractivity contribution in [3.8, 4) is 10.7 Å². The number of amides is 1. The summed E-state index contributed by atoms with van der Waals surface area (Å²) in [5.74, 6) is 0.447. The molecule has 1 aliphatic carbocycles. The maximum absolute atomic E-state index is 11.9. The van der Waals surface area contributed by atoms with Crippen LogP contribution in [0.1, 0.15) is 32.1 Å². The van der Waals surface area contributed by atoms with Gasteiger partial charge in [0.1, 0.15) is 0 Å². The minimum absolute atomic E-state index is 0.140. The average Bonchev–Trinajstić information content (AvgIpc) is 3.08. The van der Waals surface area contributed by atoms with Crippen molar-refractivity contribution in [1.29, 1.82) is 0 Å². The number of carbonyl (C=O) groups excluding carboxylic acids is 1. The third-order valence-electron chi connectivity index (χ3n) is 3.44. The van der Waals surface area contributed by atoms with Crippen LogP contribution >= 0.6 is 22.9 Å². The summed E-state index contributed by atoms with van der Waals surface area (Å²) < 4.78 is 4.22. The van der Waals surface area contributed by atoms with Crippen LogP contribution in [0.3, 0.4) is 0 Å². The van der Waals surface area contributed by atoms with Crippen molar-refractivity contribution in [3.05, 3.63) is 17.5 Å². The number of nitrogens with one attached hydrogen (secondary N) is 1. The van der Waals surface area contributed by atoms with E-state index in [1.54, 1.807) is 11.3 Å². The Labute approximate surface area is 124 Å². The van der Waals surface area contributed by atoms with Crippen LogP contribution in [-0.2, 0) is 4.79 Å². The molecule has 7 heteroatoms. The van der Waals surface area contributed by atoms with E-state index in [0.29, 0.717) is 23.8 Å². The van der Waals surface area contributed by atoms with Crippen molar-refractivity contribution in [3.63, 3.8) is 0 Å². The minimum Gasteiger partial charge on any atom is -0.389 e. The number of anilines is 1. The van der Waals surface area contributed by atoms with Crippen molar-refractivity contribution in [1.82, 2.24) is 9.36 Å². The lowest BCUT2D eigenvalue weighted by Crippen LogP contribution is -2.30. The Bertz CT molecular complexity index is 589. The molecule has 0 saturated heterocycles. The number of aliphatic hydroxyl groups is 1. The van der Waals surface area contributed by atoms with Gasteiger partial charge in [0.2, 0.25) is 11.0 Å². The first-order valence-corrected chi connectivity index (χ1v) is 8.20. The average molecular weight is 309 g/mol. The van der Waals surface area contributed by atoms with Gasteiger partial charge in [-0.05, 0) is 24.3 Å². The van der Waals surface area contributed by atoms with Crippen molar-refractivity contribution in [2.24, 2.45) is 0 Å². The summed E-state index contributed by atoms with van der Waals surface area (Å²) in [4.78, 5) is 17.2. The fraction of sp³-hybridized carbons (Fsp3) is 0.462. The number of hydrogen-bond acceptors (Lipinski definition) is 6. The zero-order valence-corrected chi connectivity index (χ0v) is 12.5. The van der Waals surface area contributed by atoms with Crippen LogP contribution < -0.4 is 5.32 Å². The Morgan fingerprint density at radius 3 is 2.95 bits per heavy atom. The zero-order chi connectivity index (χ0) is 14.0. The van der Waals surface area contributed by atoms with Gasteiger partial charge in [-0.15, -0.1) is 11.3 Å². The predicted molar refractivity (Wildman–Crippen MR) is 79.9 cm³/mol. The molecule has 3 rings (SSSR count). The highest BCUT2D eigenvalue weighted by atomic mass is 32.1. The molecule has 20 heavy (non-hydrogen) atoms. The predicted octanol–water partition coefficient (Wildman–Crippen LogP) is 2.90. The van der Waals surface area contributed by atoms with Gasteiger partial charge >= 0.3 is 0 Å². The summed E-state index contributed by atoms with van der Waals surface area (Å²) in [6, 6.07) is 3.88. The fourth-order valence-electron chi connectivity index (χ4n) is 2.45. The van der Waals surface area contributed by atoms with Gasteiger partial charge in [0.15, 0.2) is 5.82 Å². The van der Waals surface area contributed by atoms with E-state index >= 15 is 0 Å². The highest BCUT2D eigenvalue weighted by Crippen LogP contribution is 2.32. The summed E-state index contributed by atoms with van der Waals surface area (Å²) in [5, 5.41) is 15.4. The van der Waals surface area contributed by atoms with Gasteiger partial charge in [-0.3, -0.25) is 4.79 Å². The second-order valence-electron chi connectivity index (χ2n) is 5.06. The van der Waals surface area contributed by atoms with Gasteiger partial charge in [0.25, 0.3) is 0 Å². The Kier molecular flexibility index (Phi) is 3.82. The van der Waals surface area contributed by atoms with Gasteiger partial charge < -0.3 is 10.4 Å². The molecule has 1 fully saturated rings. The van der Waals surface area contributed by atoms with Gasteiger partial charge in [0.05, 0.1) is 16.9 Å². The highest BCUT2D eigenvalue weighted by Gasteiger charge is 2.33. The molecule has 2 heterocycles. The van der Waals surface area contributed by atoms with E-state index in [2.05, 4.69) is 14.7 Å². The first kappa shape index (κ1) is 13.7. The number of carbonyl (C=O) groups is 1. The SMILES string of the molecule is O=C(CC1(O)CCCC1)Nc1nc(-c2cccs2)ns1.